The lowest BCUT2D eigenvalue weighted by atomic mass is 10.2. The van der Waals surface area contributed by atoms with Crippen molar-refractivity contribution in [3.8, 4) is 0 Å². The van der Waals surface area contributed by atoms with Crippen LogP contribution in [-0.2, 0) is 17.8 Å². The number of aromatic amines is 1. The zero-order chi connectivity index (χ0) is 14.8. The third kappa shape index (κ3) is 2.64. The van der Waals surface area contributed by atoms with Gasteiger partial charge in [-0.05, 0) is 19.4 Å². The minimum atomic E-state index is -0.450. The predicted octanol–water partition coefficient (Wildman–Crippen LogP) is -0.715. The highest BCUT2D eigenvalue weighted by Gasteiger charge is 2.18. The molecule has 1 saturated heterocycles. The molecule has 0 radical (unpaired) electrons. The van der Waals surface area contributed by atoms with E-state index in [9.17, 15) is 9.59 Å². The highest BCUT2D eigenvalue weighted by atomic mass is 16.5. The van der Waals surface area contributed by atoms with Gasteiger partial charge >= 0.3 is 5.69 Å². The fraction of sp³-hybridized carbons (Fsp3) is 0.615. The van der Waals surface area contributed by atoms with E-state index < -0.39 is 5.69 Å². The molecule has 2 N–H and O–H groups in total. The third-order valence-electron chi connectivity index (χ3n) is 3.85. The van der Waals surface area contributed by atoms with Crippen molar-refractivity contribution in [3.05, 3.63) is 27.2 Å². The van der Waals surface area contributed by atoms with Crippen molar-refractivity contribution >= 4 is 11.2 Å². The van der Waals surface area contributed by atoms with Crippen LogP contribution in [0.2, 0.25) is 0 Å². The average molecular weight is 293 g/mol. The molecule has 0 amide bonds. The van der Waals surface area contributed by atoms with Gasteiger partial charge in [0.15, 0.2) is 11.2 Å². The Morgan fingerprint density at radius 3 is 3.05 bits per heavy atom. The van der Waals surface area contributed by atoms with Gasteiger partial charge in [-0.2, -0.15) is 0 Å². The molecule has 2 aromatic rings. The molecule has 0 aliphatic carbocycles. The topological polar surface area (TPSA) is 93.9 Å². The van der Waals surface area contributed by atoms with Gasteiger partial charge in [-0.15, -0.1) is 0 Å². The van der Waals surface area contributed by atoms with Crippen molar-refractivity contribution in [1.29, 1.82) is 0 Å². The lowest BCUT2D eigenvalue weighted by Gasteiger charge is -2.11. The van der Waals surface area contributed by atoms with Gasteiger partial charge in [-0.25, -0.2) is 9.78 Å². The van der Waals surface area contributed by atoms with Crippen LogP contribution in [0.4, 0.5) is 0 Å². The molecule has 8 heteroatoms. The summed E-state index contributed by atoms with van der Waals surface area (Å²) in [5, 5.41) is 3.39. The fourth-order valence-electron chi connectivity index (χ4n) is 2.80. The van der Waals surface area contributed by atoms with E-state index in [4.69, 9.17) is 4.74 Å². The molecule has 0 spiro atoms. The van der Waals surface area contributed by atoms with Gasteiger partial charge < -0.3 is 14.6 Å². The number of hydrogen-bond acceptors (Lipinski definition) is 5. The molecule has 1 fully saturated rings. The number of methoxy groups -OCH3 is 1. The first-order valence-corrected chi connectivity index (χ1v) is 7.11. The lowest BCUT2D eigenvalue weighted by Crippen LogP contribution is -2.33. The zero-order valence-corrected chi connectivity index (χ0v) is 12.0. The minimum Gasteiger partial charge on any atom is -0.383 e. The van der Waals surface area contributed by atoms with Crippen LogP contribution in [-0.4, -0.2) is 45.4 Å². The van der Waals surface area contributed by atoms with Crippen molar-refractivity contribution in [2.75, 3.05) is 20.3 Å². The van der Waals surface area contributed by atoms with E-state index in [1.165, 1.54) is 4.57 Å². The summed E-state index contributed by atoms with van der Waals surface area (Å²) in [5.74, 6) is 0. The second kappa shape index (κ2) is 5.82. The van der Waals surface area contributed by atoms with Crippen LogP contribution in [0, 0.1) is 0 Å². The number of imidazole rings is 1. The molecule has 3 heterocycles. The molecule has 2 aromatic heterocycles. The number of nitrogens with one attached hydrogen (secondary N) is 2. The maximum absolute atomic E-state index is 12.1. The van der Waals surface area contributed by atoms with Crippen molar-refractivity contribution in [2.45, 2.75) is 32.0 Å². The number of fused-ring (bicyclic) bond motifs is 1. The molecule has 3 rings (SSSR count). The number of hydrogen-bond donors (Lipinski definition) is 2. The van der Waals surface area contributed by atoms with E-state index in [1.807, 2.05) is 4.57 Å². The molecular formula is C13H19N5O3. The van der Waals surface area contributed by atoms with E-state index in [2.05, 4.69) is 15.3 Å². The first kappa shape index (κ1) is 14.0. The zero-order valence-electron chi connectivity index (χ0n) is 12.0. The van der Waals surface area contributed by atoms with Gasteiger partial charge in [0.2, 0.25) is 0 Å². The molecule has 0 saturated carbocycles. The molecule has 21 heavy (non-hydrogen) atoms. The van der Waals surface area contributed by atoms with Crippen LogP contribution in [0.15, 0.2) is 15.9 Å². The summed E-state index contributed by atoms with van der Waals surface area (Å²) in [7, 11) is 1.57. The third-order valence-corrected chi connectivity index (χ3v) is 3.85. The van der Waals surface area contributed by atoms with Crippen LogP contribution in [0.5, 0.6) is 0 Å². The largest absolute Gasteiger partial charge is 0.383 e. The van der Waals surface area contributed by atoms with Crippen molar-refractivity contribution in [2.24, 2.45) is 0 Å². The van der Waals surface area contributed by atoms with Crippen molar-refractivity contribution < 1.29 is 4.74 Å². The Morgan fingerprint density at radius 1 is 1.48 bits per heavy atom. The van der Waals surface area contributed by atoms with Crippen LogP contribution in [0.1, 0.15) is 12.8 Å². The minimum absolute atomic E-state index is 0.348. The van der Waals surface area contributed by atoms with E-state index in [0.29, 0.717) is 36.9 Å². The molecular weight excluding hydrogens is 274 g/mol. The van der Waals surface area contributed by atoms with Crippen LogP contribution >= 0.6 is 0 Å². The van der Waals surface area contributed by atoms with Crippen LogP contribution in [0.3, 0.4) is 0 Å². The number of H-pyrrole nitrogens is 1. The smallest absolute Gasteiger partial charge is 0.330 e. The SMILES string of the molecule is COCCn1c(=O)[nH]c(=O)c2c1ncn2CC1CCCN1. The predicted molar refractivity (Wildman–Crippen MR) is 77.5 cm³/mol. The Kier molecular flexibility index (Phi) is 3.89. The molecule has 1 aliphatic rings. The molecule has 0 bridgehead atoms. The fourth-order valence-corrected chi connectivity index (χ4v) is 2.80. The highest BCUT2D eigenvalue weighted by molar-refractivity contribution is 5.69. The first-order valence-electron chi connectivity index (χ1n) is 7.11. The van der Waals surface area contributed by atoms with E-state index >= 15 is 0 Å². The molecule has 0 aromatic carbocycles. The van der Waals surface area contributed by atoms with Crippen molar-refractivity contribution in [3.63, 3.8) is 0 Å². The first-order chi connectivity index (χ1) is 10.2. The molecule has 1 unspecified atom stereocenters. The van der Waals surface area contributed by atoms with E-state index in [0.717, 1.165) is 19.4 Å². The summed E-state index contributed by atoms with van der Waals surface area (Å²) >= 11 is 0. The quantitative estimate of drug-likeness (QED) is 0.759. The molecule has 8 nitrogen and oxygen atoms in total. The summed E-state index contributed by atoms with van der Waals surface area (Å²) in [6.07, 6.45) is 3.86. The maximum Gasteiger partial charge on any atom is 0.330 e. The monoisotopic (exact) mass is 293 g/mol. The Balaban J connectivity index is 2.03. The molecule has 114 valence electrons. The van der Waals surface area contributed by atoms with Crippen LogP contribution < -0.4 is 16.6 Å². The lowest BCUT2D eigenvalue weighted by molar-refractivity contribution is 0.187. The normalized spacial score (nSPS) is 18.6. The summed E-state index contributed by atoms with van der Waals surface area (Å²) in [6, 6.07) is 0.348. The molecule has 1 aliphatic heterocycles. The van der Waals surface area contributed by atoms with E-state index in [-0.39, 0.29) is 5.56 Å². The summed E-state index contributed by atoms with van der Waals surface area (Å²) in [5.41, 5.74) is 0.0196. The van der Waals surface area contributed by atoms with Gasteiger partial charge in [0.05, 0.1) is 19.5 Å². The van der Waals surface area contributed by atoms with Gasteiger partial charge in [0.1, 0.15) is 0 Å². The summed E-state index contributed by atoms with van der Waals surface area (Å²) in [6.45, 7) is 2.44. The van der Waals surface area contributed by atoms with Gasteiger partial charge in [-0.1, -0.05) is 0 Å². The standard InChI is InChI=1S/C13H19N5O3/c1-21-6-5-18-11-10(12(19)16-13(18)20)17(8-15-11)7-9-3-2-4-14-9/h8-9,14H,2-7H2,1H3,(H,16,19,20). The second-order valence-electron chi connectivity index (χ2n) is 5.27. The van der Waals surface area contributed by atoms with Gasteiger partial charge in [0, 0.05) is 19.7 Å². The van der Waals surface area contributed by atoms with E-state index in [1.54, 1.807) is 13.4 Å². The Bertz CT molecular complexity index is 738. The summed E-state index contributed by atoms with van der Waals surface area (Å²) in [4.78, 5) is 30.6. The van der Waals surface area contributed by atoms with Gasteiger partial charge in [0.25, 0.3) is 5.56 Å². The number of aromatic nitrogens is 4. The number of nitrogens with zero attached hydrogens (tertiary/aromatic N) is 3. The highest BCUT2D eigenvalue weighted by Crippen LogP contribution is 2.11. The van der Waals surface area contributed by atoms with Crippen LogP contribution in [0.25, 0.3) is 11.2 Å². The Hall–Kier alpha value is -1.93. The average Bonchev–Trinajstić information content (AvgIpc) is 3.09. The summed E-state index contributed by atoms with van der Waals surface area (Å²) < 4.78 is 8.26. The number of ether oxygens (including phenoxy) is 1. The molecule has 1 atom stereocenters. The van der Waals surface area contributed by atoms with Crippen molar-refractivity contribution in [1.82, 2.24) is 24.4 Å². The Labute approximate surface area is 120 Å². The number of rotatable bonds is 5. The second-order valence-corrected chi connectivity index (χ2v) is 5.27. The maximum atomic E-state index is 12.1. The van der Waals surface area contributed by atoms with Gasteiger partial charge in [-0.3, -0.25) is 14.3 Å². The Morgan fingerprint density at radius 2 is 2.33 bits per heavy atom.